The molecular weight excluding hydrogens is 240 g/mol. The van der Waals surface area contributed by atoms with Crippen molar-refractivity contribution in [1.82, 2.24) is 0 Å². The van der Waals surface area contributed by atoms with Crippen LogP contribution in [0.15, 0.2) is 30.3 Å². The van der Waals surface area contributed by atoms with E-state index in [2.05, 4.69) is 57.2 Å². The van der Waals surface area contributed by atoms with E-state index in [4.69, 9.17) is 0 Å². The van der Waals surface area contributed by atoms with Crippen molar-refractivity contribution in [2.75, 3.05) is 0 Å². The number of benzene rings is 1. The van der Waals surface area contributed by atoms with E-state index in [-0.39, 0.29) is 0 Å². The molecule has 0 aromatic heterocycles. The Morgan fingerprint density at radius 1 is 0.950 bits per heavy atom. The SMILES string of the molecule is CCCCCCCCC(C)(C)C1C=Cc2ccccc21. The van der Waals surface area contributed by atoms with Crippen molar-refractivity contribution in [3.63, 3.8) is 0 Å². The van der Waals surface area contributed by atoms with E-state index in [0.29, 0.717) is 11.3 Å². The summed E-state index contributed by atoms with van der Waals surface area (Å²) in [5.41, 5.74) is 3.34. The quantitative estimate of drug-likeness (QED) is 0.468. The van der Waals surface area contributed by atoms with E-state index in [1.165, 1.54) is 56.1 Å². The Kier molecular flexibility index (Phi) is 5.46. The zero-order valence-corrected chi connectivity index (χ0v) is 13.5. The van der Waals surface area contributed by atoms with Crippen molar-refractivity contribution in [1.29, 1.82) is 0 Å². The van der Waals surface area contributed by atoms with Crippen molar-refractivity contribution < 1.29 is 0 Å². The average Bonchev–Trinajstić information content (AvgIpc) is 2.87. The van der Waals surface area contributed by atoms with Crippen LogP contribution in [-0.4, -0.2) is 0 Å². The Balaban J connectivity index is 1.84. The van der Waals surface area contributed by atoms with Gasteiger partial charge in [0.2, 0.25) is 0 Å². The van der Waals surface area contributed by atoms with Gasteiger partial charge in [0.15, 0.2) is 0 Å². The van der Waals surface area contributed by atoms with E-state index < -0.39 is 0 Å². The van der Waals surface area contributed by atoms with Crippen LogP contribution in [0.1, 0.15) is 82.8 Å². The Morgan fingerprint density at radius 3 is 2.45 bits per heavy atom. The number of hydrogen-bond acceptors (Lipinski definition) is 0. The Labute approximate surface area is 125 Å². The molecule has 0 saturated carbocycles. The first-order chi connectivity index (χ1) is 9.65. The molecule has 0 N–H and O–H groups in total. The molecule has 20 heavy (non-hydrogen) atoms. The predicted molar refractivity (Wildman–Crippen MR) is 90.0 cm³/mol. The molecule has 1 unspecified atom stereocenters. The second kappa shape index (κ2) is 7.11. The van der Waals surface area contributed by atoms with Crippen LogP contribution in [-0.2, 0) is 0 Å². The van der Waals surface area contributed by atoms with Gasteiger partial charge < -0.3 is 0 Å². The van der Waals surface area contributed by atoms with Gasteiger partial charge in [-0.25, -0.2) is 0 Å². The van der Waals surface area contributed by atoms with Gasteiger partial charge in [-0.15, -0.1) is 0 Å². The Bertz CT molecular complexity index is 439. The summed E-state index contributed by atoms with van der Waals surface area (Å²) < 4.78 is 0. The van der Waals surface area contributed by atoms with Crippen LogP contribution in [0.25, 0.3) is 6.08 Å². The zero-order valence-electron chi connectivity index (χ0n) is 13.5. The van der Waals surface area contributed by atoms with Gasteiger partial charge in [0.25, 0.3) is 0 Å². The molecule has 2 rings (SSSR count). The maximum absolute atomic E-state index is 2.44. The first-order valence-corrected chi connectivity index (χ1v) is 8.42. The molecule has 0 bridgehead atoms. The Hall–Kier alpha value is -1.04. The van der Waals surface area contributed by atoms with Gasteiger partial charge in [-0.3, -0.25) is 0 Å². The number of rotatable bonds is 8. The van der Waals surface area contributed by atoms with Gasteiger partial charge in [0.05, 0.1) is 0 Å². The fourth-order valence-corrected chi connectivity index (χ4v) is 3.45. The third kappa shape index (κ3) is 3.75. The molecule has 1 aliphatic carbocycles. The minimum absolute atomic E-state index is 0.383. The zero-order chi connectivity index (χ0) is 14.4. The summed E-state index contributed by atoms with van der Waals surface area (Å²) in [6, 6.07) is 8.88. The van der Waals surface area contributed by atoms with E-state index in [1.54, 1.807) is 0 Å². The molecule has 1 aliphatic rings. The number of unbranched alkanes of at least 4 members (excludes halogenated alkanes) is 5. The standard InChI is InChI=1S/C20H30/c1-4-5-6-7-8-11-16-20(2,3)19-15-14-17-12-9-10-13-18(17)19/h9-10,12-15,19H,4-8,11,16H2,1-3H3. The fraction of sp³-hybridized carbons (Fsp3) is 0.600. The monoisotopic (exact) mass is 270 g/mol. The summed E-state index contributed by atoms with van der Waals surface area (Å²) in [6.45, 7) is 7.17. The van der Waals surface area contributed by atoms with Crippen molar-refractivity contribution in [2.45, 2.75) is 71.6 Å². The lowest BCUT2D eigenvalue weighted by Crippen LogP contribution is -2.19. The highest BCUT2D eigenvalue weighted by Gasteiger charge is 2.31. The van der Waals surface area contributed by atoms with Crippen LogP contribution in [0, 0.1) is 5.41 Å². The van der Waals surface area contributed by atoms with Gasteiger partial charge in [0.1, 0.15) is 0 Å². The van der Waals surface area contributed by atoms with Gasteiger partial charge in [-0.05, 0) is 23.0 Å². The van der Waals surface area contributed by atoms with E-state index in [9.17, 15) is 0 Å². The minimum Gasteiger partial charge on any atom is -0.0758 e. The van der Waals surface area contributed by atoms with Gasteiger partial charge in [0, 0.05) is 5.92 Å². The Morgan fingerprint density at radius 2 is 1.65 bits per heavy atom. The van der Waals surface area contributed by atoms with Crippen molar-refractivity contribution in [3.05, 3.63) is 41.5 Å². The molecule has 1 aromatic rings. The molecule has 0 fully saturated rings. The third-order valence-corrected chi connectivity index (χ3v) is 4.82. The van der Waals surface area contributed by atoms with Crippen LogP contribution in [0.4, 0.5) is 0 Å². The predicted octanol–water partition coefficient (Wildman–Crippen LogP) is 6.57. The lowest BCUT2D eigenvalue weighted by Gasteiger charge is -2.32. The topological polar surface area (TPSA) is 0 Å². The summed E-state index contributed by atoms with van der Waals surface area (Å²) in [5.74, 6) is 0.606. The molecule has 0 spiro atoms. The first kappa shape index (κ1) is 15.4. The normalized spacial score (nSPS) is 17.4. The van der Waals surface area contributed by atoms with Crippen molar-refractivity contribution in [2.24, 2.45) is 5.41 Å². The van der Waals surface area contributed by atoms with Crippen molar-refractivity contribution >= 4 is 6.08 Å². The maximum Gasteiger partial charge on any atom is 0.00784 e. The molecule has 0 amide bonds. The highest BCUT2D eigenvalue weighted by Crippen LogP contribution is 2.45. The molecule has 1 aromatic carbocycles. The molecular formula is C20H30. The largest absolute Gasteiger partial charge is 0.0758 e. The highest BCUT2D eigenvalue weighted by molar-refractivity contribution is 5.62. The molecule has 0 radical (unpaired) electrons. The second-order valence-corrected chi connectivity index (χ2v) is 6.97. The lowest BCUT2D eigenvalue weighted by molar-refractivity contribution is 0.286. The first-order valence-electron chi connectivity index (χ1n) is 8.42. The van der Waals surface area contributed by atoms with Crippen LogP contribution in [0.3, 0.4) is 0 Å². The van der Waals surface area contributed by atoms with Crippen molar-refractivity contribution in [3.8, 4) is 0 Å². The minimum atomic E-state index is 0.383. The van der Waals surface area contributed by atoms with Gasteiger partial charge >= 0.3 is 0 Å². The van der Waals surface area contributed by atoms with Crippen LogP contribution >= 0.6 is 0 Å². The molecule has 0 heterocycles. The molecule has 0 heteroatoms. The maximum atomic E-state index is 2.44. The summed E-state index contributed by atoms with van der Waals surface area (Å²) in [6.07, 6.45) is 14.4. The average molecular weight is 270 g/mol. The molecule has 0 saturated heterocycles. The second-order valence-electron chi connectivity index (χ2n) is 6.97. The third-order valence-electron chi connectivity index (χ3n) is 4.82. The molecule has 0 nitrogen and oxygen atoms in total. The van der Waals surface area contributed by atoms with Crippen LogP contribution in [0.5, 0.6) is 0 Å². The lowest BCUT2D eigenvalue weighted by atomic mass is 9.73. The number of hydrogen-bond donors (Lipinski definition) is 0. The van der Waals surface area contributed by atoms with E-state index >= 15 is 0 Å². The van der Waals surface area contributed by atoms with Crippen LogP contribution in [0.2, 0.25) is 0 Å². The van der Waals surface area contributed by atoms with Gasteiger partial charge in [-0.1, -0.05) is 95.7 Å². The molecule has 0 aliphatic heterocycles. The smallest absolute Gasteiger partial charge is 0.00784 e. The fourth-order valence-electron chi connectivity index (χ4n) is 3.45. The number of allylic oxidation sites excluding steroid dienone is 1. The summed E-state index contributed by atoms with van der Waals surface area (Å²) in [7, 11) is 0. The summed E-state index contributed by atoms with van der Waals surface area (Å²) in [5, 5.41) is 0. The van der Waals surface area contributed by atoms with E-state index in [1.807, 2.05) is 0 Å². The van der Waals surface area contributed by atoms with E-state index in [0.717, 1.165) is 0 Å². The molecule has 1 atom stereocenters. The number of fused-ring (bicyclic) bond motifs is 1. The highest BCUT2D eigenvalue weighted by atomic mass is 14.4. The summed E-state index contributed by atoms with van der Waals surface area (Å²) in [4.78, 5) is 0. The summed E-state index contributed by atoms with van der Waals surface area (Å²) >= 11 is 0. The van der Waals surface area contributed by atoms with Crippen LogP contribution < -0.4 is 0 Å². The molecule has 110 valence electrons. The van der Waals surface area contributed by atoms with Gasteiger partial charge in [-0.2, -0.15) is 0 Å².